The average Bonchev–Trinajstić information content (AvgIpc) is 2.90. The molecule has 0 aromatic carbocycles. The van der Waals surface area contributed by atoms with Gasteiger partial charge >= 0.3 is 0 Å². The number of methoxy groups -OCH3 is 1. The Hall–Kier alpha value is 0.190. The summed E-state index contributed by atoms with van der Waals surface area (Å²) in [6.07, 6.45) is 3.56. The third-order valence-electron chi connectivity index (χ3n) is 4.36. The molecule has 0 aromatic heterocycles. The molecule has 3 unspecified atom stereocenters. The van der Waals surface area contributed by atoms with Gasteiger partial charge < -0.3 is 19.5 Å². The summed E-state index contributed by atoms with van der Waals surface area (Å²) in [4.78, 5) is 0. The monoisotopic (exact) mass is 303 g/mol. The lowest BCUT2D eigenvalue weighted by molar-refractivity contribution is -0.0900. The molecule has 0 saturated carbocycles. The molecule has 0 aliphatic carbocycles. The van der Waals surface area contributed by atoms with Crippen LogP contribution in [0, 0.1) is 5.92 Å². The molecule has 2 aliphatic heterocycles. The molecule has 4 nitrogen and oxygen atoms in total. The number of ether oxygens (including phenoxy) is 3. The molecule has 5 heteroatoms. The molecule has 2 aliphatic rings. The van der Waals surface area contributed by atoms with E-state index >= 15 is 0 Å². The van der Waals surface area contributed by atoms with E-state index in [0.29, 0.717) is 25.2 Å². The summed E-state index contributed by atoms with van der Waals surface area (Å²) in [5.41, 5.74) is 0.161. The van der Waals surface area contributed by atoms with Crippen molar-refractivity contribution in [3.63, 3.8) is 0 Å². The van der Waals surface area contributed by atoms with E-state index in [2.05, 4.69) is 12.2 Å². The molecule has 2 fully saturated rings. The molecule has 2 saturated heterocycles. The van der Waals surface area contributed by atoms with Crippen LogP contribution >= 0.6 is 11.8 Å². The van der Waals surface area contributed by atoms with E-state index in [4.69, 9.17) is 14.2 Å². The van der Waals surface area contributed by atoms with Gasteiger partial charge in [0.1, 0.15) is 0 Å². The summed E-state index contributed by atoms with van der Waals surface area (Å²) in [5.74, 6) is 3.10. The van der Waals surface area contributed by atoms with Gasteiger partial charge in [0.2, 0.25) is 0 Å². The van der Waals surface area contributed by atoms with Crippen LogP contribution in [0.5, 0.6) is 0 Å². The fourth-order valence-electron chi connectivity index (χ4n) is 3.25. The second-order valence-electron chi connectivity index (χ2n) is 5.82. The largest absolute Gasteiger partial charge is 0.382 e. The fourth-order valence-corrected chi connectivity index (χ4v) is 4.63. The van der Waals surface area contributed by atoms with Crippen LogP contribution in [0.25, 0.3) is 0 Å². The van der Waals surface area contributed by atoms with Crippen LogP contribution in [0.3, 0.4) is 0 Å². The molecular weight excluding hydrogens is 274 g/mol. The van der Waals surface area contributed by atoms with Crippen molar-refractivity contribution in [2.75, 3.05) is 51.6 Å². The molecule has 2 heterocycles. The summed E-state index contributed by atoms with van der Waals surface area (Å²) in [5, 5.41) is 3.61. The maximum atomic E-state index is 6.12. The number of hydrogen-bond donors (Lipinski definition) is 1. The predicted octanol–water partition coefficient (Wildman–Crippen LogP) is 1.93. The first kappa shape index (κ1) is 16.6. The number of rotatable bonds is 8. The first-order valence-corrected chi connectivity index (χ1v) is 8.97. The van der Waals surface area contributed by atoms with Crippen molar-refractivity contribution in [3.05, 3.63) is 0 Å². The second kappa shape index (κ2) is 8.59. The Balaban J connectivity index is 1.83. The number of thioether (sulfide) groups is 1. The Kier molecular flexibility index (Phi) is 7.11. The highest BCUT2D eigenvalue weighted by atomic mass is 32.2. The summed E-state index contributed by atoms with van der Waals surface area (Å²) < 4.78 is 16.9. The molecule has 0 aromatic rings. The lowest BCUT2D eigenvalue weighted by Gasteiger charge is -2.41. The first-order chi connectivity index (χ1) is 9.79. The van der Waals surface area contributed by atoms with Gasteiger partial charge in [0.25, 0.3) is 0 Å². The minimum Gasteiger partial charge on any atom is -0.382 e. The molecule has 1 N–H and O–H groups in total. The van der Waals surface area contributed by atoms with Crippen LogP contribution in [0.4, 0.5) is 0 Å². The van der Waals surface area contributed by atoms with Gasteiger partial charge in [0, 0.05) is 25.5 Å². The molecule has 0 amide bonds. The van der Waals surface area contributed by atoms with E-state index in [1.165, 1.54) is 24.3 Å². The second-order valence-corrected chi connectivity index (χ2v) is 6.92. The summed E-state index contributed by atoms with van der Waals surface area (Å²) in [6, 6.07) is 0.447. The van der Waals surface area contributed by atoms with E-state index in [1.54, 1.807) is 7.11 Å². The Morgan fingerprint density at radius 2 is 2.35 bits per heavy atom. The van der Waals surface area contributed by atoms with Crippen molar-refractivity contribution >= 4 is 11.8 Å². The van der Waals surface area contributed by atoms with Gasteiger partial charge in [-0.1, -0.05) is 6.92 Å². The Morgan fingerprint density at radius 1 is 1.45 bits per heavy atom. The maximum Gasteiger partial charge on any atom is 0.0783 e. The molecule has 0 bridgehead atoms. The van der Waals surface area contributed by atoms with Crippen molar-refractivity contribution in [1.82, 2.24) is 5.32 Å². The van der Waals surface area contributed by atoms with Gasteiger partial charge in [-0.25, -0.2) is 0 Å². The predicted molar refractivity (Wildman–Crippen MR) is 83.5 cm³/mol. The van der Waals surface area contributed by atoms with Gasteiger partial charge in [-0.3, -0.25) is 0 Å². The zero-order valence-corrected chi connectivity index (χ0v) is 13.7. The van der Waals surface area contributed by atoms with Crippen LogP contribution < -0.4 is 5.32 Å². The molecule has 1 spiro atoms. The lowest BCUT2D eigenvalue weighted by Crippen LogP contribution is -2.48. The van der Waals surface area contributed by atoms with E-state index in [-0.39, 0.29) is 5.60 Å². The molecule has 0 radical (unpaired) electrons. The average molecular weight is 303 g/mol. The van der Waals surface area contributed by atoms with E-state index < -0.39 is 0 Å². The summed E-state index contributed by atoms with van der Waals surface area (Å²) >= 11 is 2.04. The van der Waals surface area contributed by atoms with Crippen LogP contribution in [-0.4, -0.2) is 63.2 Å². The van der Waals surface area contributed by atoms with Crippen LogP contribution in [0.1, 0.15) is 26.2 Å². The van der Waals surface area contributed by atoms with Crippen LogP contribution in [-0.2, 0) is 14.2 Å². The van der Waals surface area contributed by atoms with Crippen LogP contribution in [0.15, 0.2) is 0 Å². The highest BCUT2D eigenvalue weighted by Crippen LogP contribution is 2.41. The SMILES string of the molecule is CCNC(COCCOC)C1CCOC2(CCSC2)C1. The van der Waals surface area contributed by atoms with Gasteiger partial charge in [0.15, 0.2) is 0 Å². The van der Waals surface area contributed by atoms with Gasteiger partial charge in [-0.15, -0.1) is 0 Å². The van der Waals surface area contributed by atoms with Crippen molar-refractivity contribution in [1.29, 1.82) is 0 Å². The molecule has 3 atom stereocenters. The normalized spacial score (nSPS) is 31.8. The third-order valence-corrected chi connectivity index (χ3v) is 5.59. The standard InChI is InChI=1S/C15H29NO3S/c1-3-16-14(11-18-8-7-17-2)13-4-6-19-15(10-13)5-9-20-12-15/h13-14,16H,3-12H2,1-2H3. The minimum absolute atomic E-state index is 0.161. The Morgan fingerprint density at radius 3 is 3.05 bits per heavy atom. The van der Waals surface area contributed by atoms with Gasteiger partial charge in [0.05, 0.1) is 25.4 Å². The maximum absolute atomic E-state index is 6.12. The Bertz CT molecular complexity index is 272. The third kappa shape index (κ3) is 4.60. The highest BCUT2D eigenvalue weighted by molar-refractivity contribution is 7.99. The number of nitrogens with one attached hydrogen (secondary N) is 1. The first-order valence-electron chi connectivity index (χ1n) is 7.81. The van der Waals surface area contributed by atoms with Gasteiger partial charge in [-0.2, -0.15) is 11.8 Å². The van der Waals surface area contributed by atoms with Crippen LogP contribution in [0.2, 0.25) is 0 Å². The molecule has 118 valence electrons. The fraction of sp³-hybridized carbons (Fsp3) is 1.00. The zero-order chi connectivity index (χ0) is 14.3. The van der Waals surface area contributed by atoms with Gasteiger partial charge in [-0.05, 0) is 37.5 Å². The topological polar surface area (TPSA) is 39.7 Å². The number of hydrogen-bond acceptors (Lipinski definition) is 5. The minimum atomic E-state index is 0.161. The van der Waals surface area contributed by atoms with E-state index in [9.17, 15) is 0 Å². The lowest BCUT2D eigenvalue weighted by atomic mass is 9.81. The summed E-state index contributed by atoms with van der Waals surface area (Å²) in [7, 11) is 1.71. The molecule has 20 heavy (non-hydrogen) atoms. The zero-order valence-electron chi connectivity index (χ0n) is 12.9. The van der Waals surface area contributed by atoms with Crippen molar-refractivity contribution in [2.24, 2.45) is 5.92 Å². The quantitative estimate of drug-likeness (QED) is 0.694. The molecular formula is C15H29NO3S. The highest BCUT2D eigenvalue weighted by Gasteiger charge is 2.42. The smallest absolute Gasteiger partial charge is 0.0783 e. The van der Waals surface area contributed by atoms with E-state index in [0.717, 1.165) is 26.2 Å². The van der Waals surface area contributed by atoms with Crippen molar-refractivity contribution < 1.29 is 14.2 Å². The Labute approximate surface area is 127 Å². The van der Waals surface area contributed by atoms with Crippen molar-refractivity contribution in [2.45, 2.75) is 37.8 Å². The van der Waals surface area contributed by atoms with Crippen molar-refractivity contribution in [3.8, 4) is 0 Å². The van der Waals surface area contributed by atoms with E-state index in [1.807, 2.05) is 11.8 Å². The summed E-state index contributed by atoms with van der Waals surface area (Å²) in [6.45, 7) is 6.21. The molecule has 2 rings (SSSR count). The number of likely N-dealkylation sites (N-methyl/N-ethyl adjacent to an activating group) is 1.